The second-order valence-electron chi connectivity index (χ2n) is 8.46. The number of fused-ring (bicyclic) bond motifs is 3. The summed E-state index contributed by atoms with van der Waals surface area (Å²) in [6.07, 6.45) is -0.909. The summed E-state index contributed by atoms with van der Waals surface area (Å²) in [6, 6.07) is 15.0. The number of esters is 1. The Morgan fingerprint density at radius 2 is 1.50 bits per heavy atom. The van der Waals surface area contributed by atoms with Crippen molar-refractivity contribution >= 4 is 17.8 Å². The summed E-state index contributed by atoms with van der Waals surface area (Å²) < 4.78 is 10.8. The number of hydrogen-bond donors (Lipinski definition) is 1. The largest absolute Gasteiger partial charge is 0.458 e. The molecular formula is C24H27NO5. The summed E-state index contributed by atoms with van der Waals surface area (Å²) >= 11 is 0. The van der Waals surface area contributed by atoms with Crippen molar-refractivity contribution < 1.29 is 23.9 Å². The van der Waals surface area contributed by atoms with Crippen LogP contribution >= 0.6 is 0 Å². The number of ketones is 1. The summed E-state index contributed by atoms with van der Waals surface area (Å²) in [5.41, 5.74) is 3.73. The van der Waals surface area contributed by atoms with E-state index < -0.39 is 23.7 Å². The standard InChI is InChI=1S/C24H27NO5/c1-15(26)13-21(22(27)30-24(2,3)4)25-23(28)29-14-20-18-11-7-5-9-16(18)17-10-6-8-12-19(17)20/h5-12,20-21H,13-14H2,1-4H3,(H,25,28). The van der Waals surface area contributed by atoms with Crippen LogP contribution in [0.15, 0.2) is 48.5 Å². The zero-order valence-electron chi connectivity index (χ0n) is 17.7. The lowest BCUT2D eigenvalue weighted by atomic mass is 9.98. The molecule has 0 aliphatic heterocycles. The van der Waals surface area contributed by atoms with Gasteiger partial charge in [-0.05, 0) is 49.9 Å². The fraction of sp³-hybridized carbons (Fsp3) is 0.375. The van der Waals surface area contributed by atoms with Gasteiger partial charge in [-0.1, -0.05) is 48.5 Å². The molecule has 2 aromatic carbocycles. The molecule has 6 nitrogen and oxygen atoms in total. The molecule has 1 aliphatic carbocycles. The number of nitrogens with one attached hydrogen (secondary N) is 1. The molecule has 0 bridgehead atoms. The lowest BCUT2D eigenvalue weighted by Crippen LogP contribution is -2.45. The molecule has 1 atom stereocenters. The predicted molar refractivity (Wildman–Crippen MR) is 113 cm³/mol. The molecule has 0 saturated heterocycles. The Kier molecular flexibility index (Phi) is 6.25. The minimum atomic E-state index is -1.09. The maximum absolute atomic E-state index is 12.4. The molecule has 1 amide bonds. The van der Waals surface area contributed by atoms with E-state index in [1.165, 1.54) is 6.92 Å². The molecule has 0 radical (unpaired) electrons. The molecule has 6 heteroatoms. The summed E-state index contributed by atoms with van der Waals surface area (Å²) in [4.78, 5) is 36.4. The molecule has 1 unspecified atom stereocenters. The van der Waals surface area contributed by atoms with E-state index in [1.54, 1.807) is 20.8 Å². The quantitative estimate of drug-likeness (QED) is 0.723. The Morgan fingerprint density at radius 3 is 2.00 bits per heavy atom. The van der Waals surface area contributed by atoms with Gasteiger partial charge in [0.2, 0.25) is 0 Å². The van der Waals surface area contributed by atoms with Crippen molar-refractivity contribution in [3.8, 4) is 11.1 Å². The minimum absolute atomic E-state index is 0.0871. The smallest absolute Gasteiger partial charge is 0.407 e. The maximum Gasteiger partial charge on any atom is 0.407 e. The molecule has 1 aliphatic rings. The Bertz CT molecular complexity index is 915. The first kappa shape index (κ1) is 21.6. The topological polar surface area (TPSA) is 81.7 Å². The first-order valence-electron chi connectivity index (χ1n) is 9.99. The van der Waals surface area contributed by atoms with Gasteiger partial charge in [-0.3, -0.25) is 4.79 Å². The highest BCUT2D eigenvalue weighted by Gasteiger charge is 2.31. The Hall–Kier alpha value is -3.15. The minimum Gasteiger partial charge on any atom is -0.458 e. The van der Waals surface area contributed by atoms with Crippen molar-refractivity contribution in [1.82, 2.24) is 5.32 Å². The van der Waals surface area contributed by atoms with Crippen molar-refractivity contribution in [2.45, 2.75) is 51.7 Å². The van der Waals surface area contributed by atoms with Crippen LogP contribution in [0.5, 0.6) is 0 Å². The van der Waals surface area contributed by atoms with Gasteiger partial charge >= 0.3 is 12.1 Å². The highest BCUT2D eigenvalue weighted by Crippen LogP contribution is 2.44. The van der Waals surface area contributed by atoms with Crippen molar-refractivity contribution in [3.05, 3.63) is 59.7 Å². The van der Waals surface area contributed by atoms with Gasteiger partial charge in [0, 0.05) is 12.3 Å². The maximum atomic E-state index is 12.4. The van der Waals surface area contributed by atoms with Crippen LogP contribution in [0.1, 0.15) is 51.2 Å². The molecule has 158 valence electrons. The van der Waals surface area contributed by atoms with Crippen molar-refractivity contribution in [2.24, 2.45) is 0 Å². The average Bonchev–Trinajstić information content (AvgIpc) is 2.98. The summed E-state index contributed by atoms with van der Waals surface area (Å²) in [6.45, 7) is 6.66. The van der Waals surface area contributed by atoms with E-state index in [0.717, 1.165) is 22.3 Å². The van der Waals surface area contributed by atoms with Gasteiger partial charge < -0.3 is 14.8 Å². The van der Waals surface area contributed by atoms with E-state index in [2.05, 4.69) is 17.4 Å². The number of hydrogen-bond acceptors (Lipinski definition) is 5. The van der Waals surface area contributed by atoms with Crippen LogP contribution in [0.3, 0.4) is 0 Å². The summed E-state index contributed by atoms with van der Waals surface area (Å²) in [5.74, 6) is -0.980. The normalized spacial score (nSPS) is 13.7. The first-order chi connectivity index (χ1) is 14.2. The van der Waals surface area contributed by atoms with Crippen molar-refractivity contribution in [2.75, 3.05) is 6.61 Å². The molecular weight excluding hydrogens is 382 g/mol. The molecule has 0 fully saturated rings. The zero-order valence-corrected chi connectivity index (χ0v) is 17.7. The number of ether oxygens (including phenoxy) is 2. The highest BCUT2D eigenvalue weighted by atomic mass is 16.6. The molecule has 0 saturated carbocycles. The van der Waals surface area contributed by atoms with E-state index in [9.17, 15) is 14.4 Å². The van der Waals surface area contributed by atoms with Gasteiger partial charge in [-0.2, -0.15) is 0 Å². The van der Waals surface area contributed by atoms with Crippen LogP contribution in [0.25, 0.3) is 11.1 Å². The number of amides is 1. The lowest BCUT2D eigenvalue weighted by Gasteiger charge is -2.24. The van der Waals surface area contributed by atoms with Crippen LogP contribution in [-0.4, -0.2) is 36.1 Å². The van der Waals surface area contributed by atoms with Crippen LogP contribution in [-0.2, 0) is 19.1 Å². The van der Waals surface area contributed by atoms with Gasteiger partial charge in [-0.15, -0.1) is 0 Å². The Balaban J connectivity index is 1.68. The highest BCUT2D eigenvalue weighted by molar-refractivity contribution is 5.88. The second kappa shape index (κ2) is 8.69. The number of carbonyl (C=O) groups is 3. The van der Waals surface area contributed by atoms with Gasteiger partial charge in [0.15, 0.2) is 0 Å². The summed E-state index contributed by atoms with van der Waals surface area (Å²) in [7, 11) is 0. The third-order valence-electron chi connectivity index (χ3n) is 4.82. The van der Waals surface area contributed by atoms with E-state index in [4.69, 9.17) is 9.47 Å². The predicted octanol–water partition coefficient (Wildman–Crippen LogP) is 4.21. The van der Waals surface area contributed by atoms with Crippen LogP contribution in [0.4, 0.5) is 4.79 Å². The second-order valence-corrected chi connectivity index (χ2v) is 8.46. The number of rotatable bonds is 6. The van der Waals surface area contributed by atoms with E-state index >= 15 is 0 Å². The fourth-order valence-electron chi connectivity index (χ4n) is 3.64. The third kappa shape index (κ3) is 5.06. The Labute approximate surface area is 176 Å². The molecule has 0 spiro atoms. The zero-order chi connectivity index (χ0) is 21.9. The van der Waals surface area contributed by atoms with Crippen LogP contribution in [0, 0.1) is 0 Å². The SMILES string of the molecule is CC(=O)CC(NC(=O)OCC1c2ccccc2-c2ccccc21)C(=O)OC(C)(C)C. The van der Waals surface area contributed by atoms with Gasteiger partial charge in [0.25, 0.3) is 0 Å². The number of alkyl carbamates (subject to hydrolysis) is 1. The molecule has 2 aromatic rings. The van der Waals surface area contributed by atoms with Crippen molar-refractivity contribution in [1.29, 1.82) is 0 Å². The van der Waals surface area contributed by atoms with E-state index in [1.807, 2.05) is 36.4 Å². The third-order valence-corrected chi connectivity index (χ3v) is 4.82. The Morgan fingerprint density at radius 1 is 0.967 bits per heavy atom. The fourth-order valence-corrected chi connectivity index (χ4v) is 3.64. The number of benzene rings is 2. The lowest BCUT2D eigenvalue weighted by molar-refractivity contribution is -0.158. The van der Waals surface area contributed by atoms with Crippen molar-refractivity contribution in [3.63, 3.8) is 0 Å². The first-order valence-corrected chi connectivity index (χ1v) is 9.99. The van der Waals surface area contributed by atoms with Gasteiger partial charge in [-0.25, -0.2) is 9.59 Å². The number of carbonyl (C=O) groups excluding carboxylic acids is 3. The molecule has 0 heterocycles. The van der Waals surface area contributed by atoms with Gasteiger partial charge in [0.05, 0.1) is 0 Å². The molecule has 3 rings (SSSR count). The van der Waals surface area contributed by atoms with Crippen LogP contribution in [0.2, 0.25) is 0 Å². The average molecular weight is 409 g/mol. The number of Topliss-reactive ketones (excluding diaryl/α,β-unsaturated/α-hetero) is 1. The summed E-state index contributed by atoms with van der Waals surface area (Å²) in [5, 5.41) is 2.49. The van der Waals surface area contributed by atoms with Crippen LogP contribution < -0.4 is 5.32 Å². The molecule has 0 aromatic heterocycles. The molecule has 1 N–H and O–H groups in total. The van der Waals surface area contributed by atoms with Gasteiger partial charge in [0.1, 0.15) is 24.0 Å². The van der Waals surface area contributed by atoms with E-state index in [-0.39, 0.29) is 24.7 Å². The monoisotopic (exact) mass is 409 g/mol. The van der Waals surface area contributed by atoms with E-state index in [0.29, 0.717) is 0 Å². The molecule has 30 heavy (non-hydrogen) atoms.